The van der Waals surface area contributed by atoms with E-state index in [2.05, 4.69) is 21.2 Å². The Hall–Kier alpha value is -1.84. The quantitative estimate of drug-likeness (QED) is 0.637. The summed E-state index contributed by atoms with van der Waals surface area (Å²) in [6.07, 6.45) is -4.39. The molecular formula is C18H21BrF4N2O3. The molecule has 1 aliphatic heterocycles. The molecule has 156 valence electrons. The lowest BCUT2D eigenvalue weighted by Crippen LogP contribution is -2.50. The van der Waals surface area contributed by atoms with Crippen LogP contribution in [-0.2, 0) is 10.9 Å². The minimum atomic E-state index is -4.92. The SMILES string of the molecule is CC(C)(C)OC(=O)N1CCC[C@H](NC(=O)c2c(Br)ccc(C(F)(F)F)c2F)C1. The molecule has 0 radical (unpaired) electrons. The van der Waals surface area contributed by atoms with Gasteiger partial charge in [-0.05, 0) is 61.7 Å². The van der Waals surface area contributed by atoms with Crippen molar-refractivity contribution in [3.63, 3.8) is 0 Å². The molecule has 1 saturated heterocycles. The summed E-state index contributed by atoms with van der Waals surface area (Å²) < 4.78 is 58.3. The zero-order chi connectivity index (χ0) is 21.3. The monoisotopic (exact) mass is 468 g/mol. The first kappa shape index (κ1) is 22.4. The highest BCUT2D eigenvalue weighted by Gasteiger charge is 2.37. The third kappa shape index (κ3) is 5.59. The average molecular weight is 469 g/mol. The lowest BCUT2D eigenvalue weighted by molar-refractivity contribution is -0.140. The lowest BCUT2D eigenvalue weighted by Gasteiger charge is -2.34. The Morgan fingerprint density at radius 3 is 2.46 bits per heavy atom. The van der Waals surface area contributed by atoms with E-state index in [9.17, 15) is 27.2 Å². The summed E-state index contributed by atoms with van der Waals surface area (Å²) in [5.74, 6) is -2.62. The highest BCUT2D eigenvalue weighted by atomic mass is 79.9. The molecule has 0 spiro atoms. The standard InChI is InChI=1S/C18H21BrF4N2O3/c1-17(2,3)28-16(27)25-8-4-5-10(9-25)24-15(26)13-12(19)7-6-11(14(13)20)18(21,22)23/h6-7,10H,4-5,8-9H2,1-3H3,(H,24,26)/t10-/m0/s1. The maximum atomic E-state index is 14.3. The summed E-state index contributed by atoms with van der Waals surface area (Å²) >= 11 is 2.93. The maximum Gasteiger partial charge on any atom is 0.419 e. The van der Waals surface area contributed by atoms with Gasteiger partial charge in [-0.1, -0.05) is 0 Å². The molecule has 5 nitrogen and oxygen atoms in total. The van der Waals surface area contributed by atoms with Gasteiger partial charge in [-0.3, -0.25) is 4.79 Å². The van der Waals surface area contributed by atoms with Crippen LogP contribution in [0.1, 0.15) is 49.5 Å². The lowest BCUT2D eigenvalue weighted by atomic mass is 10.0. The number of carbonyl (C=O) groups is 2. The molecule has 1 atom stereocenters. The van der Waals surface area contributed by atoms with Crippen LogP contribution in [0.4, 0.5) is 22.4 Å². The molecule has 2 rings (SSSR count). The van der Waals surface area contributed by atoms with Crippen molar-refractivity contribution in [2.75, 3.05) is 13.1 Å². The van der Waals surface area contributed by atoms with Gasteiger partial charge in [0.05, 0.1) is 11.1 Å². The average Bonchev–Trinajstić information content (AvgIpc) is 2.52. The maximum absolute atomic E-state index is 14.3. The molecule has 2 amide bonds. The van der Waals surface area contributed by atoms with Crippen molar-refractivity contribution < 1.29 is 31.9 Å². The van der Waals surface area contributed by atoms with Gasteiger partial charge in [-0.25, -0.2) is 9.18 Å². The molecule has 1 aromatic rings. The third-order valence-corrected chi connectivity index (χ3v) is 4.69. The Kier molecular flexibility index (Phi) is 6.62. The topological polar surface area (TPSA) is 58.6 Å². The van der Waals surface area contributed by atoms with Crippen LogP contribution in [0.25, 0.3) is 0 Å². The smallest absolute Gasteiger partial charge is 0.419 e. The molecule has 1 aliphatic rings. The summed E-state index contributed by atoms with van der Waals surface area (Å²) in [5.41, 5.74) is -2.91. The van der Waals surface area contributed by atoms with E-state index in [-0.39, 0.29) is 11.0 Å². The van der Waals surface area contributed by atoms with Crippen LogP contribution in [0.15, 0.2) is 16.6 Å². The predicted octanol–water partition coefficient (Wildman–Crippen LogP) is 4.74. The Bertz CT molecular complexity index is 762. The number of halogens is 5. The fourth-order valence-electron chi connectivity index (χ4n) is 2.82. The zero-order valence-corrected chi connectivity index (χ0v) is 17.2. The molecule has 1 aromatic carbocycles. The van der Waals surface area contributed by atoms with Crippen LogP contribution >= 0.6 is 15.9 Å². The van der Waals surface area contributed by atoms with Crippen LogP contribution in [0.2, 0.25) is 0 Å². The van der Waals surface area contributed by atoms with Gasteiger partial charge in [-0.2, -0.15) is 13.2 Å². The van der Waals surface area contributed by atoms with Crippen molar-refractivity contribution in [1.29, 1.82) is 0 Å². The number of nitrogens with one attached hydrogen (secondary N) is 1. The van der Waals surface area contributed by atoms with E-state index in [0.29, 0.717) is 25.5 Å². The summed E-state index contributed by atoms with van der Waals surface area (Å²) in [6, 6.07) is 1.02. The summed E-state index contributed by atoms with van der Waals surface area (Å²) in [7, 11) is 0. The minimum Gasteiger partial charge on any atom is -0.444 e. The summed E-state index contributed by atoms with van der Waals surface area (Å²) in [5, 5.41) is 2.52. The number of nitrogens with zero attached hydrogens (tertiary/aromatic N) is 1. The first-order valence-corrected chi connectivity index (χ1v) is 9.43. The molecule has 0 saturated carbocycles. The van der Waals surface area contributed by atoms with E-state index < -0.39 is 46.8 Å². The molecular weight excluding hydrogens is 448 g/mol. The number of likely N-dealkylation sites (tertiary alicyclic amines) is 1. The molecule has 0 unspecified atom stereocenters. The minimum absolute atomic E-state index is 0.0877. The van der Waals surface area contributed by atoms with E-state index in [1.54, 1.807) is 20.8 Å². The van der Waals surface area contributed by atoms with Crippen LogP contribution in [0.5, 0.6) is 0 Å². The van der Waals surface area contributed by atoms with Gasteiger partial charge >= 0.3 is 12.3 Å². The van der Waals surface area contributed by atoms with Crippen LogP contribution < -0.4 is 5.32 Å². The zero-order valence-electron chi connectivity index (χ0n) is 15.6. The van der Waals surface area contributed by atoms with Crippen LogP contribution in [0.3, 0.4) is 0 Å². The van der Waals surface area contributed by atoms with E-state index in [1.165, 1.54) is 4.90 Å². The molecule has 0 aromatic heterocycles. The second-order valence-electron chi connectivity index (χ2n) is 7.52. The number of amides is 2. The van der Waals surface area contributed by atoms with Gasteiger partial charge in [0.15, 0.2) is 0 Å². The van der Waals surface area contributed by atoms with Gasteiger partial charge in [0.2, 0.25) is 0 Å². The molecule has 28 heavy (non-hydrogen) atoms. The fraction of sp³-hybridized carbons (Fsp3) is 0.556. The normalized spacial score (nSPS) is 18.0. The Balaban J connectivity index is 2.14. The van der Waals surface area contributed by atoms with E-state index in [1.807, 2.05) is 0 Å². The predicted molar refractivity (Wildman–Crippen MR) is 97.4 cm³/mol. The van der Waals surface area contributed by atoms with E-state index >= 15 is 0 Å². The summed E-state index contributed by atoms with van der Waals surface area (Å²) in [6.45, 7) is 5.73. The highest BCUT2D eigenvalue weighted by Crippen LogP contribution is 2.35. The number of alkyl halides is 3. The van der Waals surface area contributed by atoms with Crippen LogP contribution in [0, 0.1) is 5.82 Å². The number of ether oxygens (including phenoxy) is 1. The molecule has 0 bridgehead atoms. The van der Waals surface area contributed by atoms with Crippen molar-refractivity contribution in [2.24, 2.45) is 0 Å². The third-order valence-electron chi connectivity index (χ3n) is 4.03. The number of hydrogen-bond donors (Lipinski definition) is 1. The van der Waals surface area contributed by atoms with Gasteiger partial charge < -0.3 is 15.0 Å². The molecule has 0 aliphatic carbocycles. The highest BCUT2D eigenvalue weighted by molar-refractivity contribution is 9.10. The number of hydrogen-bond acceptors (Lipinski definition) is 3. The van der Waals surface area contributed by atoms with Crippen molar-refractivity contribution >= 4 is 27.9 Å². The van der Waals surface area contributed by atoms with E-state index in [0.717, 1.165) is 6.07 Å². The van der Waals surface area contributed by atoms with Crippen molar-refractivity contribution in [3.8, 4) is 0 Å². The first-order chi connectivity index (χ1) is 12.8. The van der Waals surface area contributed by atoms with Crippen molar-refractivity contribution in [1.82, 2.24) is 10.2 Å². The van der Waals surface area contributed by atoms with Gasteiger partial charge in [0.25, 0.3) is 5.91 Å². The molecule has 10 heteroatoms. The molecule has 1 fully saturated rings. The van der Waals surface area contributed by atoms with Crippen molar-refractivity contribution in [2.45, 2.75) is 51.4 Å². The number of benzene rings is 1. The second-order valence-corrected chi connectivity index (χ2v) is 8.37. The van der Waals surface area contributed by atoms with Gasteiger partial charge in [0.1, 0.15) is 11.4 Å². The number of piperidine rings is 1. The Labute approximate surface area is 168 Å². The van der Waals surface area contributed by atoms with E-state index in [4.69, 9.17) is 4.74 Å². The number of rotatable bonds is 2. The van der Waals surface area contributed by atoms with Gasteiger partial charge in [0, 0.05) is 23.6 Å². The second kappa shape index (κ2) is 8.26. The Morgan fingerprint density at radius 2 is 1.89 bits per heavy atom. The largest absolute Gasteiger partial charge is 0.444 e. The Morgan fingerprint density at radius 1 is 1.25 bits per heavy atom. The fourth-order valence-corrected chi connectivity index (χ4v) is 3.31. The van der Waals surface area contributed by atoms with Crippen molar-refractivity contribution in [3.05, 3.63) is 33.5 Å². The number of carbonyl (C=O) groups excluding carboxylic acids is 2. The molecule has 1 heterocycles. The summed E-state index contributed by atoms with van der Waals surface area (Å²) in [4.78, 5) is 26.0. The molecule has 1 N–H and O–H groups in total. The van der Waals surface area contributed by atoms with Gasteiger partial charge in [-0.15, -0.1) is 0 Å². The first-order valence-electron chi connectivity index (χ1n) is 8.63. The van der Waals surface area contributed by atoms with Crippen LogP contribution in [-0.4, -0.2) is 41.6 Å².